The molecule has 0 aromatic rings. The van der Waals surface area contributed by atoms with E-state index >= 15 is 0 Å². The molecular weight excluding hydrogens is 181 g/mol. The molecule has 8 heavy (non-hydrogen) atoms. The standard InChI is InChI=1S/K.Mg.Na.H3O4P/c;;;1-5(2,3)4/h;;;(H3,1,2,3,4)/q+1;+2;+1;/p-3. The quantitative estimate of drug-likeness (QED) is 0.274. The predicted octanol–water partition coefficient (Wildman–Crippen LogP) is -9.20. The van der Waals surface area contributed by atoms with Crippen molar-refractivity contribution in [3.63, 3.8) is 0 Å². The molecule has 0 aliphatic heterocycles. The largest absolute Gasteiger partial charge is 2.00 e. The van der Waals surface area contributed by atoms with Crippen molar-refractivity contribution in [2.45, 2.75) is 0 Å². The molecule has 0 atom stereocenters. The summed E-state index contributed by atoms with van der Waals surface area (Å²) in [6.45, 7) is 0. The van der Waals surface area contributed by atoms with Gasteiger partial charge in [0.25, 0.3) is 0 Å². The summed E-state index contributed by atoms with van der Waals surface area (Å²) in [7, 11) is -5.39. The molecule has 0 saturated carbocycles. The van der Waals surface area contributed by atoms with Crippen molar-refractivity contribution in [3.05, 3.63) is 0 Å². The van der Waals surface area contributed by atoms with Crippen molar-refractivity contribution in [1.82, 2.24) is 0 Å². The van der Waals surface area contributed by atoms with Gasteiger partial charge in [0.05, 0.1) is 0 Å². The molecule has 0 N–H and O–H groups in total. The van der Waals surface area contributed by atoms with E-state index in [9.17, 15) is 0 Å². The summed E-state index contributed by atoms with van der Waals surface area (Å²) in [5, 5.41) is 0. The summed E-state index contributed by atoms with van der Waals surface area (Å²) in [5.74, 6) is 0. The van der Waals surface area contributed by atoms with Crippen LogP contribution in [0, 0.1) is 0 Å². The summed E-state index contributed by atoms with van der Waals surface area (Å²) in [5.41, 5.74) is 0. The molecule has 0 radical (unpaired) electrons. The van der Waals surface area contributed by atoms with Gasteiger partial charge in [0.1, 0.15) is 0 Å². The van der Waals surface area contributed by atoms with Gasteiger partial charge in [-0.3, -0.25) is 0 Å². The fourth-order valence-electron chi connectivity index (χ4n) is 0. The smallest absolute Gasteiger partial charge is 0.822 e. The third kappa shape index (κ3) is 55.9. The minimum Gasteiger partial charge on any atom is -0.822 e. The fourth-order valence-corrected chi connectivity index (χ4v) is 0. The maximum atomic E-state index is 8.55. The van der Waals surface area contributed by atoms with Gasteiger partial charge in [-0.15, -0.1) is 0 Å². The molecule has 0 aliphatic carbocycles. The van der Waals surface area contributed by atoms with Gasteiger partial charge < -0.3 is 19.2 Å². The Morgan fingerprint density at radius 3 is 1.12 bits per heavy atom. The molecule has 4 nitrogen and oxygen atoms in total. The van der Waals surface area contributed by atoms with Crippen molar-refractivity contribution >= 4 is 30.9 Å². The first-order valence-corrected chi connectivity index (χ1v) is 2.19. The molecule has 0 unspecified atom stereocenters. The number of hydrogen-bond acceptors (Lipinski definition) is 4. The van der Waals surface area contributed by atoms with Gasteiger partial charge in [0.2, 0.25) is 0 Å². The van der Waals surface area contributed by atoms with Crippen LogP contribution in [-0.4, -0.2) is 23.1 Å². The second-order valence-electron chi connectivity index (χ2n) is 0.447. The van der Waals surface area contributed by atoms with Gasteiger partial charge in [-0.1, -0.05) is 0 Å². The molecular formula is KMgNaO4P+. The Balaban J connectivity index is -0.0000000267. The molecule has 0 amide bonds. The Kier molecular flexibility index (Phi) is 29.6. The van der Waals surface area contributed by atoms with Crippen molar-refractivity contribution in [2.75, 3.05) is 0 Å². The Bertz CT molecular complexity index is 62.2. The van der Waals surface area contributed by atoms with Crippen molar-refractivity contribution < 1.29 is 100 Å². The van der Waals surface area contributed by atoms with E-state index in [4.69, 9.17) is 19.2 Å². The Labute approximate surface area is 128 Å². The Morgan fingerprint density at radius 1 is 1.12 bits per heavy atom. The molecule has 8 heteroatoms. The number of rotatable bonds is 0. The second-order valence-corrected chi connectivity index (χ2v) is 1.34. The average Bonchev–Trinajstić information content (AvgIpc) is 0.722. The minimum atomic E-state index is -5.39. The Hall–Kier alpha value is 3.51. The molecule has 0 aromatic carbocycles. The molecule has 0 aliphatic rings. The molecule has 32 valence electrons. The van der Waals surface area contributed by atoms with E-state index in [1.165, 1.54) is 0 Å². The number of phosphoric acid groups is 1. The first-order valence-electron chi connectivity index (χ1n) is 0.730. The van der Waals surface area contributed by atoms with E-state index in [0.29, 0.717) is 0 Å². The van der Waals surface area contributed by atoms with Crippen LogP contribution in [0.4, 0.5) is 0 Å². The van der Waals surface area contributed by atoms with Gasteiger partial charge >= 0.3 is 104 Å². The normalized spacial score (nSPS) is 7.38. The van der Waals surface area contributed by atoms with Crippen LogP contribution in [0.25, 0.3) is 0 Å². The molecule has 0 saturated heterocycles. The summed E-state index contributed by atoms with van der Waals surface area (Å²) in [6, 6.07) is 0. The maximum Gasteiger partial charge on any atom is 2.00 e. The van der Waals surface area contributed by atoms with E-state index in [1.54, 1.807) is 0 Å². The van der Waals surface area contributed by atoms with Gasteiger partial charge in [0.15, 0.2) is 0 Å². The second kappa shape index (κ2) is 10.5. The average molecular weight is 181 g/mol. The number of hydrogen-bond donors (Lipinski definition) is 0. The topological polar surface area (TPSA) is 86.2 Å². The molecule has 0 rings (SSSR count). The SMILES string of the molecule is O=P([O-])([O-])[O-].[K+].[Mg+2].[Na+]. The first-order chi connectivity index (χ1) is 2.00. The van der Waals surface area contributed by atoms with E-state index < -0.39 is 7.82 Å². The van der Waals surface area contributed by atoms with Gasteiger partial charge in [-0.05, 0) is 0 Å². The molecule has 0 bridgehead atoms. The molecule has 0 fully saturated rings. The van der Waals surface area contributed by atoms with Crippen LogP contribution in [0.2, 0.25) is 0 Å². The maximum absolute atomic E-state index is 8.55. The van der Waals surface area contributed by atoms with Gasteiger partial charge in [0, 0.05) is 0 Å². The summed E-state index contributed by atoms with van der Waals surface area (Å²) in [6.07, 6.45) is 0. The van der Waals surface area contributed by atoms with Gasteiger partial charge in [-0.2, -0.15) is 7.82 Å². The van der Waals surface area contributed by atoms with Crippen LogP contribution >= 0.6 is 7.82 Å². The fraction of sp³-hybridized carbons (Fsp3) is 0. The molecule has 0 heterocycles. The van der Waals surface area contributed by atoms with Crippen LogP contribution in [0.1, 0.15) is 0 Å². The zero-order chi connectivity index (χ0) is 4.50. The summed E-state index contributed by atoms with van der Waals surface area (Å²) >= 11 is 0. The third-order valence-electron chi connectivity index (χ3n) is 0. The minimum absolute atomic E-state index is 0. The van der Waals surface area contributed by atoms with E-state index in [-0.39, 0.29) is 104 Å². The summed E-state index contributed by atoms with van der Waals surface area (Å²) in [4.78, 5) is 25.6. The van der Waals surface area contributed by atoms with Gasteiger partial charge in [-0.25, -0.2) is 0 Å². The monoisotopic (exact) mass is 181 g/mol. The first kappa shape index (κ1) is 22.5. The van der Waals surface area contributed by atoms with Crippen LogP contribution < -0.4 is 95.6 Å². The zero-order valence-corrected chi connectivity index (χ0v) is 12.2. The Morgan fingerprint density at radius 2 is 1.12 bits per heavy atom. The van der Waals surface area contributed by atoms with Crippen LogP contribution in [0.5, 0.6) is 0 Å². The third-order valence-corrected chi connectivity index (χ3v) is 0. The van der Waals surface area contributed by atoms with Crippen LogP contribution in [-0.2, 0) is 4.57 Å². The molecule has 0 aromatic heterocycles. The van der Waals surface area contributed by atoms with Crippen molar-refractivity contribution in [2.24, 2.45) is 0 Å². The van der Waals surface area contributed by atoms with Crippen molar-refractivity contribution in [3.8, 4) is 0 Å². The van der Waals surface area contributed by atoms with E-state index in [0.717, 1.165) is 0 Å². The van der Waals surface area contributed by atoms with Crippen LogP contribution in [0.15, 0.2) is 0 Å². The zero-order valence-electron chi connectivity index (χ0n) is 4.79. The predicted molar refractivity (Wildman–Crippen MR) is 13.4 cm³/mol. The molecule has 0 spiro atoms. The van der Waals surface area contributed by atoms with Crippen LogP contribution in [0.3, 0.4) is 0 Å². The summed E-state index contributed by atoms with van der Waals surface area (Å²) < 4.78 is 8.55. The van der Waals surface area contributed by atoms with E-state index in [1.807, 2.05) is 0 Å². The van der Waals surface area contributed by atoms with E-state index in [2.05, 4.69) is 0 Å². The van der Waals surface area contributed by atoms with Crippen molar-refractivity contribution in [1.29, 1.82) is 0 Å².